The third kappa shape index (κ3) is 4.81. The van der Waals surface area contributed by atoms with Gasteiger partial charge in [-0.05, 0) is 61.9 Å². The monoisotopic (exact) mass is 411 g/mol. The molecular weight excluding hydrogens is 390 g/mol. The predicted molar refractivity (Wildman–Crippen MR) is 120 cm³/mol. The number of nitrogens with zero attached hydrogens (tertiary/aromatic N) is 1. The number of halogens is 1. The first-order valence-corrected chi connectivity index (χ1v) is 9.93. The van der Waals surface area contributed by atoms with E-state index in [0.717, 1.165) is 21.0 Å². The van der Waals surface area contributed by atoms with Crippen molar-refractivity contribution in [2.75, 3.05) is 5.73 Å². The molecule has 4 nitrogen and oxygen atoms in total. The van der Waals surface area contributed by atoms with Crippen molar-refractivity contribution in [1.29, 1.82) is 0 Å². The number of allylic oxidation sites excluding steroid dienone is 1. The molecule has 0 aliphatic rings. The second-order valence-electron chi connectivity index (χ2n) is 6.89. The molecule has 5 N–H and O–H groups in total. The number of nitrogens with two attached hydrogens (primary N) is 2. The van der Waals surface area contributed by atoms with Crippen LogP contribution in [0.15, 0.2) is 77.4 Å². The van der Waals surface area contributed by atoms with E-state index in [9.17, 15) is 5.11 Å². The van der Waals surface area contributed by atoms with Crippen molar-refractivity contribution < 1.29 is 5.11 Å². The molecule has 144 valence electrons. The Morgan fingerprint density at radius 1 is 1.07 bits per heavy atom. The smallest absolute Gasteiger partial charge is 0.0982 e. The molecule has 3 aromatic rings. The Bertz CT molecular complexity index is 1030. The van der Waals surface area contributed by atoms with Crippen LogP contribution in [0.5, 0.6) is 0 Å². The molecule has 0 unspecified atom stereocenters. The third-order valence-electron chi connectivity index (χ3n) is 4.15. The number of nitrogen functional groups attached to an aromatic ring is 1. The van der Waals surface area contributed by atoms with E-state index >= 15 is 0 Å². The molecule has 0 spiro atoms. The summed E-state index contributed by atoms with van der Waals surface area (Å²) >= 11 is 7.86. The van der Waals surface area contributed by atoms with E-state index < -0.39 is 5.60 Å². The molecule has 0 saturated heterocycles. The summed E-state index contributed by atoms with van der Waals surface area (Å²) in [6, 6.07) is 19.1. The molecule has 0 bridgehead atoms. The molecular formula is C22H22ClN3OS. The molecule has 0 amide bonds. The van der Waals surface area contributed by atoms with Gasteiger partial charge in [-0.1, -0.05) is 35.9 Å². The van der Waals surface area contributed by atoms with Crippen molar-refractivity contribution in [1.82, 2.24) is 0 Å². The number of thiophene rings is 1. The lowest BCUT2D eigenvalue weighted by molar-refractivity contribution is 0.118. The van der Waals surface area contributed by atoms with Crippen LogP contribution < -0.4 is 11.5 Å². The summed E-state index contributed by atoms with van der Waals surface area (Å²) < 4.78 is 0. The van der Waals surface area contributed by atoms with E-state index in [-0.39, 0.29) is 0 Å². The van der Waals surface area contributed by atoms with Crippen LogP contribution in [0.2, 0.25) is 5.02 Å². The summed E-state index contributed by atoms with van der Waals surface area (Å²) in [6.45, 7) is 3.28. The number of benzene rings is 2. The number of anilines is 1. The zero-order valence-corrected chi connectivity index (χ0v) is 17.3. The Kier molecular flexibility index (Phi) is 5.89. The van der Waals surface area contributed by atoms with Gasteiger partial charge in [0.25, 0.3) is 0 Å². The number of para-hydroxylation sites is 1. The topological polar surface area (TPSA) is 84.6 Å². The van der Waals surface area contributed by atoms with Crippen molar-refractivity contribution in [3.8, 4) is 10.4 Å². The van der Waals surface area contributed by atoms with Crippen LogP contribution in [0, 0.1) is 0 Å². The highest BCUT2D eigenvalue weighted by atomic mass is 35.5. The fraction of sp³-hybridized carbons (Fsp3) is 0.136. The van der Waals surface area contributed by atoms with Crippen molar-refractivity contribution in [3.63, 3.8) is 0 Å². The Labute approximate surface area is 173 Å². The molecule has 6 heteroatoms. The van der Waals surface area contributed by atoms with Gasteiger partial charge >= 0.3 is 0 Å². The first-order chi connectivity index (χ1) is 13.2. The molecule has 28 heavy (non-hydrogen) atoms. The van der Waals surface area contributed by atoms with Crippen LogP contribution in [0.25, 0.3) is 10.4 Å². The normalized spacial score (nSPS) is 13.0. The average molecular weight is 412 g/mol. The van der Waals surface area contributed by atoms with Crippen LogP contribution in [0.1, 0.15) is 18.7 Å². The predicted octanol–water partition coefficient (Wildman–Crippen LogP) is 5.39. The van der Waals surface area contributed by atoms with E-state index in [1.165, 1.54) is 0 Å². The van der Waals surface area contributed by atoms with E-state index in [2.05, 4.69) is 0 Å². The summed E-state index contributed by atoms with van der Waals surface area (Å²) in [5.74, 6) is 0. The second kappa shape index (κ2) is 8.19. The first-order valence-electron chi connectivity index (χ1n) is 8.73. The maximum Gasteiger partial charge on any atom is 0.0982 e. The standard InChI is InChI=1S/C22H22ClN3OS/c1-22(2,27)21(25)13-18(26-17-6-4-3-5-16(17)23)20-12-11-19(28-20)14-7-9-15(24)10-8-14/h3-13,27H,24-25H2,1-2H3. The zero-order valence-electron chi connectivity index (χ0n) is 15.7. The van der Waals surface area contributed by atoms with Crippen LogP contribution in [0.4, 0.5) is 11.4 Å². The number of aliphatic hydroxyl groups is 1. The largest absolute Gasteiger partial charge is 0.400 e. The van der Waals surface area contributed by atoms with Gasteiger partial charge in [0.15, 0.2) is 0 Å². The highest BCUT2D eigenvalue weighted by Crippen LogP contribution is 2.32. The van der Waals surface area contributed by atoms with Crippen LogP contribution >= 0.6 is 22.9 Å². The van der Waals surface area contributed by atoms with Crippen molar-refractivity contribution in [2.45, 2.75) is 19.4 Å². The van der Waals surface area contributed by atoms with Crippen LogP contribution in [-0.2, 0) is 0 Å². The Morgan fingerprint density at radius 2 is 1.75 bits per heavy atom. The molecule has 0 fully saturated rings. The van der Waals surface area contributed by atoms with Crippen molar-refractivity contribution in [2.24, 2.45) is 10.7 Å². The second-order valence-corrected chi connectivity index (χ2v) is 8.38. The van der Waals surface area contributed by atoms with E-state index in [4.69, 9.17) is 28.1 Å². The van der Waals surface area contributed by atoms with Gasteiger partial charge in [-0.25, -0.2) is 4.99 Å². The minimum absolute atomic E-state index is 0.320. The molecule has 0 aliphatic carbocycles. The zero-order chi connectivity index (χ0) is 20.3. The van der Waals surface area contributed by atoms with Gasteiger partial charge in [-0.3, -0.25) is 0 Å². The minimum atomic E-state index is -1.15. The number of aliphatic imine (C=N–C) groups is 1. The van der Waals surface area contributed by atoms with E-state index in [0.29, 0.717) is 22.1 Å². The summed E-state index contributed by atoms with van der Waals surface area (Å²) in [4.78, 5) is 6.71. The molecule has 1 aromatic heterocycles. The quantitative estimate of drug-likeness (QED) is 0.389. The summed E-state index contributed by atoms with van der Waals surface area (Å²) in [6.07, 6.45) is 1.70. The molecule has 0 atom stereocenters. The van der Waals surface area contributed by atoms with Gasteiger partial charge in [-0.2, -0.15) is 0 Å². The van der Waals surface area contributed by atoms with E-state index in [1.807, 2.05) is 54.6 Å². The molecule has 1 heterocycles. The fourth-order valence-corrected chi connectivity index (χ4v) is 3.58. The van der Waals surface area contributed by atoms with Gasteiger partial charge in [-0.15, -0.1) is 11.3 Å². The van der Waals surface area contributed by atoms with Crippen LogP contribution in [-0.4, -0.2) is 16.4 Å². The summed E-state index contributed by atoms with van der Waals surface area (Å²) in [5.41, 5.74) is 14.1. The minimum Gasteiger partial charge on any atom is -0.400 e. The maximum absolute atomic E-state index is 10.2. The van der Waals surface area contributed by atoms with E-state index in [1.54, 1.807) is 37.3 Å². The van der Waals surface area contributed by atoms with Crippen molar-refractivity contribution in [3.05, 3.63) is 82.3 Å². The Morgan fingerprint density at radius 3 is 2.39 bits per heavy atom. The van der Waals surface area contributed by atoms with Gasteiger partial charge < -0.3 is 16.6 Å². The van der Waals surface area contributed by atoms with Gasteiger partial charge in [0.1, 0.15) is 0 Å². The third-order valence-corrected chi connectivity index (χ3v) is 5.62. The first kappa shape index (κ1) is 20.1. The fourth-order valence-electron chi connectivity index (χ4n) is 2.43. The van der Waals surface area contributed by atoms with Crippen molar-refractivity contribution >= 4 is 40.0 Å². The average Bonchev–Trinajstić information content (AvgIpc) is 3.12. The highest BCUT2D eigenvalue weighted by molar-refractivity contribution is 7.17. The van der Waals surface area contributed by atoms with Crippen LogP contribution in [0.3, 0.4) is 0 Å². The van der Waals surface area contributed by atoms with Gasteiger partial charge in [0.2, 0.25) is 0 Å². The lowest BCUT2D eigenvalue weighted by Crippen LogP contribution is -2.28. The Hall–Kier alpha value is -2.60. The SMILES string of the molecule is CC(C)(O)C(N)=CC(=Nc1ccccc1Cl)c1ccc(-c2ccc(N)cc2)s1. The molecule has 0 aliphatic heterocycles. The molecule has 0 saturated carbocycles. The number of rotatable bonds is 5. The van der Waals surface area contributed by atoms with Gasteiger partial charge in [0, 0.05) is 16.3 Å². The number of hydrogen-bond acceptors (Lipinski definition) is 5. The molecule has 3 rings (SSSR count). The number of hydrogen-bond donors (Lipinski definition) is 3. The summed E-state index contributed by atoms with van der Waals surface area (Å²) in [7, 11) is 0. The lowest BCUT2D eigenvalue weighted by Gasteiger charge is -2.18. The Balaban J connectivity index is 2.07. The maximum atomic E-state index is 10.2. The van der Waals surface area contributed by atoms with Gasteiger partial charge in [0.05, 0.1) is 26.9 Å². The molecule has 0 radical (unpaired) electrons. The summed E-state index contributed by atoms with van der Waals surface area (Å²) in [5, 5.41) is 10.8. The highest BCUT2D eigenvalue weighted by Gasteiger charge is 2.18. The lowest BCUT2D eigenvalue weighted by atomic mass is 10.0. The molecule has 2 aromatic carbocycles.